The maximum Gasteiger partial charge on any atom is 0.472 e. The smallest absolute Gasteiger partial charge is 0.463 e. The first-order chi connectivity index (χ1) is 49.2. The first-order valence-corrected chi connectivity index (χ1v) is 41.8. The lowest BCUT2D eigenvalue weighted by Gasteiger charge is -2.21. The molecule has 0 saturated heterocycles. The van der Waals surface area contributed by atoms with Gasteiger partial charge in [0, 0.05) is 19.3 Å². The lowest BCUT2D eigenvalue weighted by atomic mass is 10.0. The Kier molecular flexibility index (Phi) is 71.3. The van der Waals surface area contributed by atoms with Crippen molar-refractivity contribution in [2.45, 2.75) is 309 Å². The predicted molar refractivity (Wildman–Crippen MR) is 417 cm³/mol. The summed E-state index contributed by atoms with van der Waals surface area (Å²) in [7, 11) is -9.81. The molecule has 0 aromatic rings. The second kappa shape index (κ2) is 74.9. The van der Waals surface area contributed by atoms with Crippen molar-refractivity contribution >= 4 is 33.6 Å². The van der Waals surface area contributed by atoms with E-state index in [1.165, 1.54) is 83.5 Å². The van der Waals surface area contributed by atoms with Gasteiger partial charge in [0.25, 0.3) is 0 Å². The summed E-state index contributed by atoms with van der Waals surface area (Å²) in [5.41, 5.74) is 0. The van der Waals surface area contributed by atoms with Gasteiger partial charge in [-0.3, -0.25) is 32.5 Å². The molecule has 0 heterocycles. The Morgan fingerprint density at radius 3 is 0.871 bits per heavy atom. The monoisotopic (exact) mass is 1450 g/mol. The number of hydrogen-bond donors (Lipinski definition) is 4. The van der Waals surface area contributed by atoms with Crippen molar-refractivity contribution in [3.8, 4) is 0 Å². The maximum absolute atomic E-state index is 12.9. The Labute approximate surface area is 612 Å². The number of phosphoric ester groups is 2. The van der Waals surface area contributed by atoms with Crippen molar-refractivity contribution in [3.63, 3.8) is 0 Å². The number of allylic oxidation sites excluding steroid dienone is 26. The Morgan fingerprint density at radius 2 is 0.535 bits per heavy atom. The molecule has 0 aliphatic heterocycles. The van der Waals surface area contributed by atoms with E-state index >= 15 is 0 Å². The van der Waals surface area contributed by atoms with Crippen LogP contribution >= 0.6 is 15.6 Å². The summed E-state index contributed by atoms with van der Waals surface area (Å²) in [5, 5.41) is 20.6. The normalized spacial score (nSPS) is 14.9. The summed E-state index contributed by atoms with van der Waals surface area (Å²) in [6.45, 7) is 2.28. The molecule has 5 atom stereocenters. The number of unbranched alkanes of at least 4 members (excludes halogenated alkanes) is 23. The SMILES string of the molecule is CC/C=C\C/C=C\C/C=C\C/C=C\C/C=C\C/C=C\CCCCCCCCCCCCCCCCCCC(=O)OCC(O)COP(=O)(O)OCC(O)COP(=O)(O)OCC(COC(=O)CCC/C=C\C/C=C\C/C=C\C/C=C\C/C=C\CC)OC(=O)CCCCCCC/C=C\C/C=C\CCC. The van der Waals surface area contributed by atoms with Crippen molar-refractivity contribution in [2.75, 3.05) is 39.6 Å². The fourth-order valence-corrected chi connectivity index (χ4v) is 11.5. The van der Waals surface area contributed by atoms with Gasteiger partial charge in [-0.2, -0.15) is 0 Å². The van der Waals surface area contributed by atoms with E-state index in [2.05, 4.69) is 167 Å². The molecule has 5 unspecified atom stereocenters. The van der Waals surface area contributed by atoms with Crippen LogP contribution in [0.3, 0.4) is 0 Å². The number of carbonyl (C=O) groups excluding carboxylic acids is 3. The molecule has 576 valence electrons. The highest BCUT2D eigenvalue weighted by Crippen LogP contribution is 2.45. The van der Waals surface area contributed by atoms with Crippen LogP contribution in [-0.4, -0.2) is 95.9 Å². The van der Waals surface area contributed by atoms with Crippen LogP contribution in [0.4, 0.5) is 0 Å². The number of aliphatic hydroxyl groups is 2. The zero-order valence-electron chi connectivity index (χ0n) is 62.8. The zero-order valence-corrected chi connectivity index (χ0v) is 64.6. The molecule has 0 aromatic carbocycles. The fraction of sp³-hybridized carbons (Fsp3) is 0.651. The summed E-state index contributed by atoms with van der Waals surface area (Å²) in [4.78, 5) is 58.5. The summed E-state index contributed by atoms with van der Waals surface area (Å²) in [6, 6.07) is 0. The lowest BCUT2D eigenvalue weighted by molar-refractivity contribution is -0.161. The molecule has 4 N–H and O–H groups in total. The molecule has 18 heteroatoms. The van der Waals surface area contributed by atoms with Crippen LogP contribution in [-0.2, 0) is 55.8 Å². The number of rotatable bonds is 72. The number of carbonyl (C=O) groups is 3. The van der Waals surface area contributed by atoms with Crippen molar-refractivity contribution < 1.29 is 75.8 Å². The van der Waals surface area contributed by atoms with Gasteiger partial charge < -0.3 is 34.2 Å². The minimum Gasteiger partial charge on any atom is -0.463 e. The molecule has 0 radical (unpaired) electrons. The molecular formula is C83H138O16P2. The molecule has 0 spiro atoms. The minimum absolute atomic E-state index is 0.0723. The third-order valence-electron chi connectivity index (χ3n) is 15.7. The summed E-state index contributed by atoms with van der Waals surface area (Å²) < 4.78 is 60.9. The number of aliphatic hydroxyl groups excluding tert-OH is 2. The molecule has 0 aromatic heterocycles. The van der Waals surface area contributed by atoms with E-state index in [1.54, 1.807) is 0 Å². The number of ether oxygens (including phenoxy) is 3. The molecule has 0 fully saturated rings. The van der Waals surface area contributed by atoms with E-state index in [4.69, 9.17) is 32.3 Å². The molecule has 0 aliphatic rings. The largest absolute Gasteiger partial charge is 0.472 e. The standard InChI is InChI=1S/C83H138O16P2/c1-4-7-10-13-16-19-22-25-27-29-30-31-32-33-34-35-36-37-38-39-40-41-42-43-44-45-46-48-50-52-54-57-60-63-66-69-81(86)93-72-78(84)73-95-100(89,90)96-74-79(85)75-97-101(91,92)98-77-80(99-83(88)71-68-65-62-59-56-51-24-21-18-15-12-9-6-3)76-94-82(87)70-67-64-61-58-55-53-49-47-28-26-23-20-17-14-11-8-5-2/h7-8,10-12,15-17,19-21,24-28,30-31,33-34,36-37,49,53,58,61,78-80,84-85H,4-6,9,13-14,18,22-23,29,32,35,38-48,50-52,54-57,59-60,62-77H2,1-3H3,(H,89,90)(H,91,92)/b10-7-,11-8-,15-12-,19-16-,20-17-,24-21-,27-25-,28-26-,31-30-,34-33-,37-36-,53-49-,61-58-. The van der Waals surface area contributed by atoms with Crippen molar-refractivity contribution in [1.82, 2.24) is 0 Å². The average molecular weight is 1450 g/mol. The van der Waals surface area contributed by atoms with Crippen LogP contribution in [0.2, 0.25) is 0 Å². The van der Waals surface area contributed by atoms with Gasteiger partial charge in [0.1, 0.15) is 25.4 Å². The van der Waals surface area contributed by atoms with E-state index < -0.39 is 91.5 Å². The molecule has 0 amide bonds. The van der Waals surface area contributed by atoms with Crippen molar-refractivity contribution in [3.05, 3.63) is 158 Å². The lowest BCUT2D eigenvalue weighted by Crippen LogP contribution is -2.30. The van der Waals surface area contributed by atoms with Crippen molar-refractivity contribution in [1.29, 1.82) is 0 Å². The number of phosphoric acid groups is 2. The van der Waals surface area contributed by atoms with Gasteiger partial charge in [-0.05, 0) is 135 Å². The van der Waals surface area contributed by atoms with Crippen LogP contribution in [0.1, 0.15) is 290 Å². The van der Waals surface area contributed by atoms with E-state index in [0.29, 0.717) is 25.7 Å². The molecule has 16 nitrogen and oxygen atoms in total. The number of esters is 3. The van der Waals surface area contributed by atoms with E-state index in [9.17, 15) is 43.5 Å². The van der Waals surface area contributed by atoms with Crippen LogP contribution < -0.4 is 0 Å². The molecule has 0 bridgehead atoms. The highest BCUT2D eigenvalue weighted by Gasteiger charge is 2.29. The Morgan fingerprint density at radius 1 is 0.287 bits per heavy atom. The minimum atomic E-state index is -4.94. The van der Waals surface area contributed by atoms with Gasteiger partial charge in [0.2, 0.25) is 0 Å². The van der Waals surface area contributed by atoms with Crippen LogP contribution in [0.15, 0.2) is 158 Å². The third-order valence-corrected chi connectivity index (χ3v) is 17.6. The molecule has 0 aliphatic carbocycles. The highest BCUT2D eigenvalue weighted by atomic mass is 31.2. The van der Waals surface area contributed by atoms with Gasteiger partial charge >= 0.3 is 33.6 Å². The van der Waals surface area contributed by atoms with Crippen LogP contribution in [0.25, 0.3) is 0 Å². The van der Waals surface area contributed by atoms with E-state index in [-0.39, 0.29) is 19.3 Å². The van der Waals surface area contributed by atoms with Gasteiger partial charge in [-0.15, -0.1) is 0 Å². The second-order valence-electron chi connectivity index (χ2n) is 25.4. The Hall–Kier alpha value is -4.83. The van der Waals surface area contributed by atoms with Gasteiger partial charge in [-0.1, -0.05) is 294 Å². The van der Waals surface area contributed by atoms with Crippen LogP contribution in [0.5, 0.6) is 0 Å². The summed E-state index contributed by atoms with van der Waals surface area (Å²) in [5.74, 6) is -1.67. The predicted octanol–water partition coefficient (Wildman–Crippen LogP) is 22.6. The third kappa shape index (κ3) is 76.1. The van der Waals surface area contributed by atoms with Gasteiger partial charge in [-0.25, -0.2) is 9.13 Å². The fourth-order valence-electron chi connectivity index (χ4n) is 9.88. The Balaban J connectivity index is 4.40. The first kappa shape index (κ1) is 96.2. The summed E-state index contributed by atoms with van der Waals surface area (Å²) in [6.07, 6.45) is 93.3. The van der Waals surface area contributed by atoms with Gasteiger partial charge in [0.05, 0.1) is 26.4 Å². The quantitative estimate of drug-likeness (QED) is 0.0146. The maximum atomic E-state index is 12.9. The molecular weight excluding hydrogens is 1310 g/mol. The summed E-state index contributed by atoms with van der Waals surface area (Å²) >= 11 is 0. The Bertz CT molecular complexity index is 2470. The average Bonchev–Trinajstić information content (AvgIpc) is 0.940. The van der Waals surface area contributed by atoms with Crippen molar-refractivity contribution in [2.24, 2.45) is 0 Å². The highest BCUT2D eigenvalue weighted by molar-refractivity contribution is 7.47. The van der Waals surface area contributed by atoms with E-state index in [0.717, 1.165) is 141 Å². The van der Waals surface area contributed by atoms with Crippen LogP contribution in [0, 0.1) is 0 Å². The molecule has 101 heavy (non-hydrogen) atoms. The topological polar surface area (TPSA) is 231 Å². The first-order valence-electron chi connectivity index (χ1n) is 38.8. The van der Waals surface area contributed by atoms with E-state index in [1.807, 2.05) is 12.2 Å². The second-order valence-corrected chi connectivity index (χ2v) is 28.3. The number of hydrogen-bond acceptors (Lipinski definition) is 14. The van der Waals surface area contributed by atoms with Gasteiger partial charge in [0.15, 0.2) is 6.10 Å². The molecule has 0 saturated carbocycles. The zero-order chi connectivity index (χ0) is 73.7. The molecule has 0 rings (SSSR count).